The van der Waals surface area contributed by atoms with Crippen LogP contribution in [0.3, 0.4) is 0 Å². The van der Waals surface area contributed by atoms with Gasteiger partial charge in [0.2, 0.25) is 0 Å². The number of aromatic nitrogens is 2. The first-order valence-corrected chi connectivity index (χ1v) is 8.23. The summed E-state index contributed by atoms with van der Waals surface area (Å²) in [5.74, 6) is 2.52. The molecular formula is C15H22BrN3O. The second-order valence-corrected chi connectivity index (χ2v) is 7.10. The van der Waals surface area contributed by atoms with E-state index in [1.165, 1.54) is 19.3 Å². The zero-order chi connectivity index (χ0) is 14.3. The second-order valence-electron chi connectivity index (χ2n) is 6.31. The van der Waals surface area contributed by atoms with Crippen molar-refractivity contribution < 1.29 is 4.74 Å². The molecule has 0 spiro atoms. The van der Waals surface area contributed by atoms with Gasteiger partial charge in [-0.1, -0.05) is 13.3 Å². The van der Waals surface area contributed by atoms with Crippen molar-refractivity contribution in [2.45, 2.75) is 57.0 Å². The number of nitrogen functional groups attached to an aromatic ring is 1. The standard InChI is InChI=1S/C15H22BrN3O/c1-9-4-3-7-15(8-9,20-2)14-18-12(10-5-6-10)11(16)13(17)19-14/h9-10H,3-8H2,1-2H3,(H2,17,18,19). The van der Waals surface area contributed by atoms with Crippen LogP contribution in [0.1, 0.15) is 62.9 Å². The first-order chi connectivity index (χ1) is 9.55. The second kappa shape index (κ2) is 5.26. The maximum atomic E-state index is 6.09. The summed E-state index contributed by atoms with van der Waals surface area (Å²) in [5, 5.41) is 0. The lowest BCUT2D eigenvalue weighted by atomic mass is 9.78. The van der Waals surface area contributed by atoms with E-state index in [-0.39, 0.29) is 5.60 Å². The van der Waals surface area contributed by atoms with E-state index in [2.05, 4.69) is 27.8 Å². The average molecular weight is 340 g/mol. The van der Waals surface area contributed by atoms with Gasteiger partial charge in [0.05, 0.1) is 10.2 Å². The summed E-state index contributed by atoms with van der Waals surface area (Å²) in [6, 6.07) is 0. The molecule has 1 aromatic heterocycles. The molecule has 5 heteroatoms. The van der Waals surface area contributed by atoms with Gasteiger partial charge in [-0.2, -0.15) is 0 Å². The number of methoxy groups -OCH3 is 1. The van der Waals surface area contributed by atoms with E-state index in [0.29, 0.717) is 17.7 Å². The van der Waals surface area contributed by atoms with Gasteiger partial charge in [0.15, 0.2) is 5.82 Å². The first kappa shape index (κ1) is 14.3. The van der Waals surface area contributed by atoms with Crippen LogP contribution in [0, 0.1) is 5.92 Å². The average Bonchev–Trinajstić information content (AvgIpc) is 3.26. The fourth-order valence-corrected chi connectivity index (χ4v) is 3.80. The molecule has 110 valence electrons. The van der Waals surface area contributed by atoms with Crippen molar-refractivity contribution in [3.63, 3.8) is 0 Å². The summed E-state index contributed by atoms with van der Waals surface area (Å²) in [6.07, 6.45) is 6.78. The highest BCUT2D eigenvalue weighted by Gasteiger charge is 2.41. The monoisotopic (exact) mass is 339 g/mol. The van der Waals surface area contributed by atoms with E-state index in [0.717, 1.165) is 35.3 Å². The summed E-state index contributed by atoms with van der Waals surface area (Å²) < 4.78 is 6.76. The number of hydrogen-bond acceptors (Lipinski definition) is 4. The molecule has 0 aliphatic heterocycles. The third-order valence-corrected chi connectivity index (χ3v) is 5.43. The van der Waals surface area contributed by atoms with Crippen LogP contribution in [0.4, 0.5) is 5.82 Å². The molecule has 1 aromatic rings. The first-order valence-electron chi connectivity index (χ1n) is 7.44. The molecular weight excluding hydrogens is 318 g/mol. The van der Waals surface area contributed by atoms with Gasteiger partial charge < -0.3 is 10.5 Å². The smallest absolute Gasteiger partial charge is 0.162 e. The summed E-state index contributed by atoms with van der Waals surface area (Å²) in [4.78, 5) is 9.37. The normalized spacial score (nSPS) is 30.4. The van der Waals surface area contributed by atoms with Crippen LogP contribution in [0.25, 0.3) is 0 Å². The molecule has 0 saturated heterocycles. The van der Waals surface area contributed by atoms with Crippen molar-refractivity contribution in [2.75, 3.05) is 12.8 Å². The lowest BCUT2D eigenvalue weighted by Gasteiger charge is -2.37. The van der Waals surface area contributed by atoms with Gasteiger partial charge in [-0.05, 0) is 54.0 Å². The van der Waals surface area contributed by atoms with Gasteiger partial charge in [-0.15, -0.1) is 0 Å². The molecule has 2 aliphatic carbocycles. The van der Waals surface area contributed by atoms with E-state index in [4.69, 9.17) is 15.5 Å². The third-order valence-electron chi connectivity index (χ3n) is 4.62. The van der Waals surface area contributed by atoms with Crippen molar-refractivity contribution in [3.8, 4) is 0 Å². The highest BCUT2D eigenvalue weighted by atomic mass is 79.9. The van der Waals surface area contributed by atoms with E-state index in [1.54, 1.807) is 7.11 Å². The number of nitrogens with zero attached hydrogens (tertiary/aromatic N) is 2. The van der Waals surface area contributed by atoms with Crippen LogP contribution in [0.15, 0.2) is 4.47 Å². The Morgan fingerprint density at radius 2 is 2.05 bits per heavy atom. The number of ether oxygens (including phenoxy) is 1. The van der Waals surface area contributed by atoms with Crippen molar-refractivity contribution in [1.29, 1.82) is 0 Å². The summed E-state index contributed by atoms with van der Waals surface area (Å²) in [6.45, 7) is 2.27. The van der Waals surface area contributed by atoms with Gasteiger partial charge >= 0.3 is 0 Å². The van der Waals surface area contributed by atoms with Crippen LogP contribution < -0.4 is 5.73 Å². The molecule has 0 amide bonds. The minimum absolute atomic E-state index is 0.351. The van der Waals surface area contributed by atoms with Crippen molar-refractivity contribution in [3.05, 3.63) is 16.0 Å². The Labute approximate surface area is 128 Å². The predicted molar refractivity (Wildman–Crippen MR) is 82.4 cm³/mol. The van der Waals surface area contributed by atoms with Crippen LogP contribution in [-0.2, 0) is 10.3 Å². The largest absolute Gasteiger partial charge is 0.383 e. The molecule has 0 radical (unpaired) electrons. The minimum atomic E-state index is -0.351. The Morgan fingerprint density at radius 1 is 1.30 bits per heavy atom. The topological polar surface area (TPSA) is 61.0 Å². The molecule has 2 unspecified atom stereocenters. The molecule has 20 heavy (non-hydrogen) atoms. The Balaban J connectivity index is 2.03. The zero-order valence-corrected chi connectivity index (χ0v) is 13.7. The molecule has 0 aromatic carbocycles. The van der Waals surface area contributed by atoms with Crippen molar-refractivity contribution in [2.24, 2.45) is 5.92 Å². The molecule has 0 bridgehead atoms. The zero-order valence-electron chi connectivity index (χ0n) is 12.2. The molecule has 1 heterocycles. The van der Waals surface area contributed by atoms with Gasteiger partial charge in [-0.25, -0.2) is 9.97 Å². The predicted octanol–water partition coefficient (Wildman–Crippen LogP) is 3.75. The quantitative estimate of drug-likeness (QED) is 0.910. The fourth-order valence-electron chi connectivity index (χ4n) is 3.30. The van der Waals surface area contributed by atoms with Crippen LogP contribution in [0.5, 0.6) is 0 Å². The van der Waals surface area contributed by atoms with Gasteiger partial charge in [0.25, 0.3) is 0 Å². The Kier molecular flexibility index (Phi) is 3.75. The summed E-state index contributed by atoms with van der Waals surface area (Å²) >= 11 is 3.54. The van der Waals surface area contributed by atoms with E-state index < -0.39 is 0 Å². The maximum Gasteiger partial charge on any atom is 0.162 e. The van der Waals surface area contributed by atoms with E-state index in [1.807, 2.05) is 0 Å². The van der Waals surface area contributed by atoms with Crippen LogP contribution >= 0.6 is 15.9 Å². The molecule has 2 N–H and O–H groups in total. The fraction of sp³-hybridized carbons (Fsp3) is 0.733. The lowest BCUT2D eigenvalue weighted by molar-refractivity contribution is -0.0646. The van der Waals surface area contributed by atoms with E-state index >= 15 is 0 Å². The number of nitrogens with two attached hydrogens (primary N) is 1. The van der Waals surface area contributed by atoms with Crippen molar-refractivity contribution >= 4 is 21.7 Å². The maximum absolute atomic E-state index is 6.09. The highest BCUT2D eigenvalue weighted by molar-refractivity contribution is 9.10. The number of rotatable bonds is 3. The summed E-state index contributed by atoms with van der Waals surface area (Å²) in [7, 11) is 1.77. The third kappa shape index (κ3) is 2.46. The Bertz CT molecular complexity index is 518. The van der Waals surface area contributed by atoms with Crippen LogP contribution in [0.2, 0.25) is 0 Å². The summed E-state index contributed by atoms with van der Waals surface area (Å²) in [5.41, 5.74) is 6.81. The van der Waals surface area contributed by atoms with Gasteiger partial charge in [-0.3, -0.25) is 0 Å². The molecule has 4 nitrogen and oxygen atoms in total. The molecule has 2 atom stereocenters. The van der Waals surface area contributed by atoms with E-state index in [9.17, 15) is 0 Å². The molecule has 3 rings (SSSR count). The number of hydrogen-bond donors (Lipinski definition) is 1. The molecule has 2 aliphatic rings. The van der Waals surface area contributed by atoms with Crippen molar-refractivity contribution in [1.82, 2.24) is 9.97 Å². The molecule has 2 fully saturated rings. The lowest BCUT2D eigenvalue weighted by Crippen LogP contribution is -2.36. The van der Waals surface area contributed by atoms with Gasteiger partial charge in [0, 0.05) is 13.0 Å². The minimum Gasteiger partial charge on any atom is -0.383 e. The number of halogens is 1. The van der Waals surface area contributed by atoms with Gasteiger partial charge in [0.1, 0.15) is 11.4 Å². The Hall–Kier alpha value is -0.680. The molecule has 2 saturated carbocycles. The van der Waals surface area contributed by atoms with Crippen LogP contribution in [-0.4, -0.2) is 17.1 Å². The number of anilines is 1. The highest BCUT2D eigenvalue weighted by Crippen LogP contribution is 2.46. The SMILES string of the molecule is COC1(c2nc(N)c(Br)c(C3CC3)n2)CCCC(C)C1. The Morgan fingerprint density at radius 3 is 2.65 bits per heavy atom.